The van der Waals surface area contributed by atoms with Gasteiger partial charge in [-0.25, -0.2) is 0 Å². The van der Waals surface area contributed by atoms with Crippen LogP contribution in [0.5, 0.6) is 0 Å². The van der Waals surface area contributed by atoms with Crippen molar-refractivity contribution in [2.75, 3.05) is 0 Å². The number of nitrogens with two attached hydrogens (primary N) is 1. The lowest BCUT2D eigenvalue weighted by atomic mass is 9.82. The van der Waals surface area contributed by atoms with Crippen LogP contribution in [0, 0.1) is 29.6 Å². The summed E-state index contributed by atoms with van der Waals surface area (Å²) >= 11 is 0. The number of aromatic nitrogens is 1. The van der Waals surface area contributed by atoms with Gasteiger partial charge in [0.1, 0.15) is 11.6 Å². The fraction of sp³-hybridized carbons (Fsp3) is 0.0909. The van der Waals surface area contributed by atoms with Crippen molar-refractivity contribution >= 4 is 16.7 Å². The molecular weight excluding hydrogens is 336 g/mol. The number of nitrogens with zero attached hydrogens (tertiary/aromatic N) is 2. The summed E-state index contributed by atoms with van der Waals surface area (Å²) in [6.07, 6.45) is 0. The third-order valence-corrected chi connectivity index (χ3v) is 4.79. The molecule has 0 saturated heterocycles. The molecule has 2 heterocycles. The lowest BCUT2D eigenvalue weighted by Crippen LogP contribution is -2.20. The summed E-state index contributed by atoms with van der Waals surface area (Å²) in [7, 11) is 0. The Balaban J connectivity index is 2.02. The number of benzene rings is 2. The molecular formula is C22H16N4O. The molecule has 1 atom stereocenters. The zero-order chi connectivity index (χ0) is 19.0. The fourth-order valence-electron chi connectivity index (χ4n) is 3.61. The van der Waals surface area contributed by atoms with Gasteiger partial charge in [-0.3, -0.25) is 0 Å². The summed E-state index contributed by atoms with van der Waals surface area (Å²) in [5.74, 6) is -0.124. The number of aromatic amines is 1. The molecule has 5 nitrogen and oxygen atoms in total. The molecule has 0 aliphatic carbocycles. The minimum absolute atomic E-state index is 0.0324. The molecule has 3 aromatic rings. The van der Waals surface area contributed by atoms with E-state index in [1.54, 1.807) is 0 Å². The van der Waals surface area contributed by atoms with E-state index in [4.69, 9.17) is 10.5 Å². The van der Waals surface area contributed by atoms with E-state index in [1.165, 1.54) is 0 Å². The van der Waals surface area contributed by atoms with Crippen LogP contribution in [-0.4, -0.2) is 4.98 Å². The van der Waals surface area contributed by atoms with Crippen molar-refractivity contribution in [2.24, 2.45) is 5.73 Å². The molecule has 5 heteroatoms. The summed E-state index contributed by atoms with van der Waals surface area (Å²) in [6, 6.07) is 21.6. The Morgan fingerprint density at radius 3 is 2.33 bits per heavy atom. The van der Waals surface area contributed by atoms with Gasteiger partial charge in [-0.2, -0.15) is 10.5 Å². The lowest BCUT2D eigenvalue weighted by molar-refractivity contribution is 0.357. The van der Waals surface area contributed by atoms with Crippen molar-refractivity contribution in [3.05, 3.63) is 88.4 Å². The molecule has 0 bridgehead atoms. The maximum absolute atomic E-state index is 9.98. The molecule has 1 aromatic heterocycles. The number of H-pyrrole nitrogens is 1. The second-order valence-electron chi connectivity index (χ2n) is 6.36. The number of nitriles is 2. The largest absolute Gasteiger partial charge is 0.439 e. The highest BCUT2D eigenvalue weighted by Crippen LogP contribution is 2.44. The van der Waals surface area contributed by atoms with Crippen LogP contribution in [0.3, 0.4) is 0 Å². The second-order valence-corrected chi connectivity index (χ2v) is 6.36. The van der Waals surface area contributed by atoms with Crippen molar-refractivity contribution in [2.45, 2.75) is 12.8 Å². The van der Waals surface area contributed by atoms with Crippen LogP contribution >= 0.6 is 0 Å². The van der Waals surface area contributed by atoms with Crippen molar-refractivity contribution < 1.29 is 4.74 Å². The Morgan fingerprint density at radius 2 is 1.63 bits per heavy atom. The number of hydrogen-bond donors (Lipinski definition) is 2. The first-order chi connectivity index (χ1) is 13.2. The molecule has 3 N–H and O–H groups in total. The Hall–Kier alpha value is -3.96. The Kier molecular flexibility index (Phi) is 3.91. The number of nitrogens with one attached hydrogen (secondary N) is 1. The van der Waals surface area contributed by atoms with Crippen LogP contribution < -0.4 is 5.73 Å². The van der Waals surface area contributed by atoms with Crippen LogP contribution in [0.1, 0.15) is 22.7 Å². The number of para-hydroxylation sites is 1. The highest BCUT2D eigenvalue weighted by Gasteiger charge is 2.35. The Bertz CT molecular complexity index is 1190. The van der Waals surface area contributed by atoms with Crippen LogP contribution in [-0.2, 0) is 4.74 Å². The van der Waals surface area contributed by atoms with Crippen molar-refractivity contribution in [1.29, 1.82) is 10.5 Å². The molecule has 0 amide bonds. The van der Waals surface area contributed by atoms with Crippen LogP contribution in [0.15, 0.2) is 71.6 Å². The van der Waals surface area contributed by atoms with E-state index in [0.717, 1.165) is 27.7 Å². The molecule has 0 spiro atoms. The first kappa shape index (κ1) is 16.5. The topological polar surface area (TPSA) is 98.6 Å². The zero-order valence-electron chi connectivity index (χ0n) is 14.7. The predicted octanol–water partition coefficient (Wildman–Crippen LogP) is 4.22. The average Bonchev–Trinajstić information content (AvgIpc) is 3.03. The van der Waals surface area contributed by atoms with E-state index in [0.29, 0.717) is 11.3 Å². The molecule has 1 aliphatic rings. The van der Waals surface area contributed by atoms with Gasteiger partial charge in [-0.1, -0.05) is 48.5 Å². The Morgan fingerprint density at radius 1 is 0.963 bits per heavy atom. The molecule has 0 saturated carbocycles. The van der Waals surface area contributed by atoms with Crippen LogP contribution in [0.4, 0.5) is 0 Å². The SMILES string of the molecule is Cc1[nH]c2ccccc2c1C1=C(C#N)C(c2ccccc2)C(C#N)=C(N)O1. The number of ether oxygens (including phenoxy) is 1. The smallest absolute Gasteiger partial charge is 0.205 e. The summed E-state index contributed by atoms with van der Waals surface area (Å²) in [6.45, 7) is 1.93. The summed E-state index contributed by atoms with van der Waals surface area (Å²) in [5, 5.41) is 20.6. The van der Waals surface area contributed by atoms with Crippen molar-refractivity contribution in [3.8, 4) is 12.1 Å². The van der Waals surface area contributed by atoms with Gasteiger partial charge in [0.2, 0.25) is 5.88 Å². The molecule has 130 valence electrons. The van der Waals surface area contributed by atoms with Gasteiger partial charge in [-0.15, -0.1) is 0 Å². The average molecular weight is 352 g/mol. The molecule has 0 fully saturated rings. The van der Waals surface area contributed by atoms with E-state index < -0.39 is 5.92 Å². The first-order valence-electron chi connectivity index (χ1n) is 8.50. The van der Waals surface area contributed by atoms with Gasteiger partial charge in [0.15, 0.2) is 5.76 Å². The number of aryl methyl sites for hydroxylation is 1. The minimum Gasteiger partial charge on any atom is -0.439 e. The lowest BCUT2D eigenvalue weighted by Gasteiger charge is -2.26. The van der Waals surface area contributed by atoms with Crippen molar-refractivity contribution in [1.82, 2.24) is 4.98 Å². The predicted molar refractivity (Wildman–Crippen MR) is 103 cm³/mol. The zero-order valence-corrected chi connectivity index (χ0v) is 14.7. The van der Waals surface area contributed by atoms with Crippen molar-refractivity contribution in [3.63, 3.8) is 0 Å². The first-order valence-corrected chi connectivity index (χ1v) is 8.50. The van der Waals surface area contributed by atoms with E-state index in [-0.39, 0.29) is 11.5 Å². The van der Waals surface area contributed by atoms with Gasteiger partial charge in [0.25, 0.3) is 0 Å². The normalized spacial score (nSPS) is 16.8. The summed E-state index contributed by atoms with van der Waals surface area (Å²) in [4.78, 5) is 3.32. The number of fused-ring (bicyclic) bond motifs is 1. The summed E-state index contributed by atoms with van der Waals surface area (Å²) < 4.78 is 5.85. The molecule has 0 radical (unpaired) electrons. The third kappa shape index (κ3) is 2.54. The van der Waals surface area contributed by atoms with E-state index in [2.05, 4.69) is 17.1 Å². The second kappa shape index (κ2) is 6.40. The van der Waals surface area contributed by atoms with Gasteiger partial charge in [0, 0.05) is 22.2 Å². The molecule has 1 unspecified atom stereocenters. The maximum Gasteiger partial charge on any atom is 0.205 e. The highest BCUT2D eigenvalue weighted by molar-refractivity contribution is 5.95. The van der Waals surface area contributed by atoms with E-state index >= 15 is 0 Å². The standard InChI is InChI=1S/C22H16N4O/c1-13-19(15-9-5-6-10-18(15)26-13)21-16(11-23)20(14-7-3-2-4-8-14)17(12-24)22(25)27-21/h2-10,20,26H,25H2,1H3. The molecule has 4 rings (SSSR count). The molecule has 2 aromatic carbocycles. The van der Waals surface area contributed by atoms with E-state index in [1.807, 2.05) is 61.5 Å². The number of allylic oxidation sites excluding steroid dienone is 2. The minimum atomic E-state index is -0.557. The quantitative estimate of drug-likeness (QED) is 0.721. The fourth-order valence-corrected chi connectivity index (χ4v) is 3.61. The molecule has 1 aliphatic heterocycles. The van der Waals surface area contributed by atoms with Gasteiger partial charge >= 0.3 is 0 Å². The van der Waals surface area contributed by atoms with Crippen LogP contribution in [0.25, 0.3) is 16.7 Å². The number of hydrogen-bond acceptors (Lipinski definition) is 4. The number of rotatable bonds is 2. The monoisotopic (exact) mass is 352 g/mol. The van der Waals surface area contributed by atoms with Gasteiger partial charge in [0.05, 0.1) is 17.6 Å². The summed E-state index contributed by atoms with van der Waals surface area (Å²) in [5.41, 5.74) is 10.2. The van der Waals surface area contributed by atoms with Gasteiger partial charge in [-0.05, 0) is 18.6 Å². The van der Waals surface area contributed by atoms with E-state index in [9.17, 15) is 10.5 Å². The maximum atomic E-state index is 9.98. The van der Waals surface area contributed by atoms with Gasteiger partial charge < -0.3 is 15.5 Å². The molecule has 27 heavy (non-hydrogen) atoms. The Labute approximate surface area is 156 Å². The third-order valence-electron chi connectivity index (χ3n) is 4.79. The highest BCUT2D eigenvalue weighted by atomic mass is 16.5. The van der Waals surface area contributed by atoms with Crippen LogP contribution in [0.2, 0.25) is 0 Å².